The first-order valence-corrected chi connectivity index (χ1v) is 14.9. The van der Waals surface area contributed by atoms with Crippen LogP contribution in [-0.2, 0) is 5.41 Å². The van der Waals surface area contributed by atoms with Gasteiger partial charge in [0.25, 0.3) is 0 Å². The molecule has 0 aliphatic heterocycles. The number of benzene rings is 6. The lowest BCUT2D eigenvalue weighted by Gasteiger charge is -2.23. The molecule has 204 valence electrons. The zero-order valence-corrected chi connectivity index (χ0v) is 24.1. The quantitative estimate of drug-likeness (QED) is 0.214. The maximum atomic E-state index is 5.17. The summed E-state index contributed by atoms with van der Waals surface area (Å²) in [6.45, 7) is 4.75. The van der Waals surface area contributed by atoms with Crippen LogP contribution in [0.4, 0.5) is 0 Å². The summed E-state index contributed by atoms with van der Waals surface area (Å²) in [5.41, 5.74) is 13.2. The maximum Gasteiger partial charge on any atom is 0.145 e. The normalized spacial score (nSPS) is 13.5. The molecule has 0 bridgehead atoms. The van der Waals surface area contributed by atoms with E-state index in [9.17, 15) is 0 Å². The fraction of sp³-hybridized carbons (Fsp3) is 0.0750. The molecule has 2 heterocycles. The molecule has 0 saturated carbocycles. The third-order valence-electron chi connectivity index (χ3n) is 9.29. The molecule has 0 radical (unpaired) electrons. The zero-order valence-electron chi connectivity index (χ0n) is 24.1. The number of hydrogen-bond acceptors (Lipinski definition) is 1. The molecule has 6 aromatic carbocycles. The molecular weight excluding hydrogens is 522 g/mol. The summed E-state index contributed by atoms with van der Waals surface area (Å²) < 4.78 is 4.76. The summed E-state index contributed by atoms with van der Waals surface area (Å²) in [5, 5.41) is 2.56. The van der Waals surface area contributed by atoms with Crippen LogP contribution in [0.25, 0.3) is 66.7 Å². The van der Waals surface area contributed by atoms with Crippen molar-refractivity contribution in [3.8, 4) is 33.9 Å². The fourth-order valence-corrected chi connectivity index (χ4v) is 7.42. The van der Waals surface area contributed by atoms with Crippen molar-refractivity contribution in [2.24, 2.45) is 0 Å². The van der Waals surface area contributed by atoms with E-state index < -0.39 is 0 Å². The van der Waals surface area contributed by atoms with Crippen LogP contribution in [0.3, 0.4) is 0 Å². The van der Waals surface area contributed by atoms with E-state index in [1.54, 1.807) is 0 Å². The first kappa shape index (κ1) is 24.2. The highest BCUT2D eigenvalue weighted by Crippen LogP contribution is 2.52. The topological polar surface area (TPSA) is 22.8 Å². The van der Waals surface area contributed by atoms with Gasteiger partial charge >= 0.3 is 0 Å². The van der Waals surface area contributed by atoms with E-state index in [1.807, 2.05) is 0 Å². The largest absolute Gasteiger partial charge is 0.309 e. The second-order valence-corrected chi connectivity index (χ2v) is 12.1. The Morgan fingerprint density at radius 1 is 0.535 bits per heavy atom. The summed E-state index contributed by atoms with van der Waals surface area (Å²) in [6, 6.07) is 50.2. The second kappa shape index (κ2) is 8.80. The smallest absolute Gasteiger partial charge is 0.145 e. The Hall–Kier alpha value is -5.41. The highest BCUT2D eigenvalue weighted by molar-refractivity contribution is 6.13. The van der Waals surface area contributed by atoms with Crippen molar-refractivity contribution in [3.05, 3.63) is 151 Å². The lowest BCUT2D eigenvalue weighted by Crippen LogP contribution is -2.16. The predicted molar refractivity (Wildman–Crippen MR) is 178 cm³/mol. The molecule has 0 amide bonds. The third kappa shape index (κ3) is 3.33. The maximum absolute atomic E-state index is 5.17. The van der Waals surface area contributed by atoms with E-state index in [1.165, 1.54) is 44.1 Å². The van der Waals surface area contributed by atoms with Crippen molar-refractivity contribution in [1.29, 1.82) is 0 Å². The van der Waals surface area contributed by atoms with Crippen molar-refractivity contribution in [2.75, 3.05) is 0 Å². The van der Waals surface area contributed by atoms with Crippen LogP contribution in [0.2, 0.25) is 0 Å². The second-order valence-electron chi connectivity index (χ2n) is 12.1. The predicted octanol–water partition coefficient (Wildman–Crippen LogP) is 10.1. The number of nitrogens with zero attached hydrogens (tertiary/aromatic N) is 3. The van der Waals surface area contributed by atoms with Crippen molar-refractivity contribution < 1.29 is 0 Å². The van der Waals surface area contributed by atoms with E-state index in [0.29, 0.717) is 0 Å². The van der Waals surface area contributed by atoms with Gasteiger partial charge in [-0.05, 0) is 64.7 Å². The molecule has 3 nitrogen and oxygen atoms in total. The number of para-hydroxylation sites is 4. The van der Waals surface area contributed by atoms with Crippen LogP contribution in [0.1, 0.15) is 25.0 Å². The number of aromatic nitrogens is 3. The average Bonchev–Trinajstić information content (AvgIpc) is 3.68. The van der Waals surface area contributed by atoms with Gasteiger partial charge in [-0.2, -0.15) is 0 Å². The molecule has 2 aromatic heterocycles. The molecule has 0 fully saturated rings. The van der Waals surface area contributed by atoms with E-state index in [-0.39, 0.29) is 5.41 Å². The molecule has 0 unspecified atom stereocenters. The van der Waals surface area contributed by atoms with Gasteiger partial charge in [-0.25, -0.2) is 4.98 Å². The van der Waals surface area contributed by atoms with Crippen LogP contribution in [0.5, 0.6) is 0 Å². The molecule has 8 aromatic rings. The monoisotopic (exact) mass is 551 g/mol. The molecule has 9 rings (SSSR count). The third-order valence-corrected chi connectivity index (χ3v) is 9.29. The van der Waals surface area contributed by atoms with E-state index in [0.717, 1.165) is 33.8 Å². The minimum atomic E-state index is -0.129. The van der Waals surface area contributed by atoms with Gasteiger partial charge in [-0.15, -0.1) is 0 Å². The molecule has 1 aliphatic rings. The Kier molecular flexibility index (Phi) is 4.95. The van der Waals surface area contributed by atoms with Crippen LogP contribution >= 0.6 is 0 Å². The summed E-state index contributed by atoms with van der Waals surface area (Å²) in [5.74, 6) is 0.938. The Balaban J connectivity index is 1.35. The zero-order chi connectivity index (χ0) is 28.7. The van der Waals surface area contributed by atoms with Gasteiger partial charge in [0.1, 0.15) is 5.82 Å². The van der Waals surface area contributed by atoms with Crippen molar-refractivity contribution in [2.45, 2.75) is 19.3 Å². The summed E-state index contributed by atoms with van der Waals surface area (Å²) in [4.78, 5) is 5.17. The Morgan fingerprint density at radius 3 is 2.14 bits per heavy atom. The Labute approximate surface area is 250 Å². The highest BCUT2D eigenvalue weighted by atomic mass is 15.1. The number of rotatable bonds is 3. The standard InChI is InChI=1S/C40H29N3/c1-40(2)33-19-8-6-17-29(33)31-23-24-32-30-18-7-10-21-35(30)42(38(32)37(31)40)28-16-12-13-26(25-28)39-41-34-20-9-11-22-36(34)43(39)27-14-4-3-5-15-27/h3-25H,1-2H3. The summed E-state index contributed by atoms with van der Waals surface area (Å²) >= 11 is 0. The minimum absolute atomic E-state index is 0.129. The van der Waals surface area contributed by atoms with Gasteiger partial charge in [0.2, 0.25) is 0 Å². The first-order chi connectivity index (χ1) is 21.1. The van der Waals surface area contributed by atoms with Crippen molar-refractivity contribution >= 4 is 32.8 Å². The average molecular weight is 552 g/mol. The fourth-order valence-electron chi connectivity index (χ4n) is 7.42. The number of imidazole rings is 1. The SMILES string of the molecule is CC1(C)c2ccccc2-c2ccc3c4ccccc4n(-c4cccc(-c5nc6ccccc6n5-c5ccccc5)c4)c3c21. The van der Waals surface area contributed by atoms with Gasteiger partial charge in [-0.1, -0.05) is 111 Å². The van der Waals surface area contributed by atoms with Crippen LogP contribution in [-0.4, -0.2) is 14.1 Å². The van der Waals surface area contributed by atoms with E-state index in [4.69, 9.17) is 4.98 Å². The van der Waals surface area contributed by atoms with Crippen LogP contribution in [0.15, 0.2) is 140 Å². The number of hydrogen-bond donors (Lipinski definition) is 0. The van der Waals surface area contributed by atoms with Gasteiger partial charge in [0.05, 0.1) is 22.1 Å². The summed E-state index contributed by atoms with van der Waals surface area (Å²) in [7, 11) is 0. The van der Waals surface area contributed by atoms with E-state index >= 15 is 0 Å². The molecule has 3 heteroatoms. The van der Waals surface area contributed by atoms with Crippen LogP contribution in [0, 0.1) is 0 Å². The first-order valence-electron chi connectivity index (χ1n) is 14.9. The molecule has 43 heavy (non-hydrogen) atoms. The molecule has 0 N–H and O–H groups in total. The molecular formula is C40H29N3. The Morgan fingerprint density at radius 2 is 1.26 bits per heavy atom. The van der Waals surface area contributed by atoms with Crippen molar-refractivity contribution in [3.63, 3.8) is 0 Å². The lowest BCUT2D eigenvalue weighted by molar-refractivity contribution is 0.664. The molecule has 0 saturated heterocycles. The molecule has 0 spiro atoms. The Bertz CT molecular complexity index is 2370. The van der Waals surface area contributed by atoms with Gasteiger partial charge in [-0.3, -0.25) is 4.57 Å². The van der Waals surface area contributed by atoms with Gasteiger partial charge < -0.3 is 4.57 Å². The highest BCUT2D eigenvalue weighted by Gasteiger charge is 2.38. The lowest BCUT2D eigenvalue weighted by atomic mass is 9.81. The molecule has 1 aliphatic carbocycles. The van der Waals surface area contributed by atoms with E-state index in [2.05, 4.69) is 163 Å². The van der Waals surface area contributed by atoms with Crippen LogP contribution < -0.4 is 0 Å². The number of fused-ring (bicyclic) bond motifs is 8. The van der Waals surface area contributed by atoms with Crippen molar-refractivity contribution in [1.82, 2.24) is 14.1 Å². The van der Waals surface area contributed by atoms with Gasteiger partial charge in [0.15, 0.2) is 0 Å². The summed E-state index contributed by atoms with van der Waals surface area (Å²) in [6.07, 6.45) is 0. The van der Waals surface area contributed by atoms with Gasteiger partial charge in [0, 0.05) is 33.1 Å². The molecule has 0 atom stereocenters. The minimum Gasteiger partial charge on any atom is -0.309 e.